The Hall–Kier alpha value is -1.20. The molecule has 2 atom stereocenters. The van der Waals surface area contributed by atoms with Crippen LogP contribution in [0.3, 0.4) is 0 Å². The molecule has 1 aliphatic heterocycles. The van der Waals surface area contributed by atoms with Crippen LogP contribution in [0.15, 0.2) is 12.4 Å². The second-order valence-electron chi connectivity index (χ2n) is 6.63. The first-order valence-electron chi connectivity index (χ1n) is 7.30. The third kappa shape index (κ3) is 4.42. The minimum atomic E-state index is 0.0830. The molecule has 20 heavy (non-hydrogen) atoms. The Kier molecular flexibility index (Phi) is 4.60. The molecule has 1 saturated heterocycles. The molecule has 0 aliphatic carbocycles. The van der Waals surface area contributed by atoms with Crippen molar-refractivity contribution in [2.75, 3.05) is 18.0 Å². The van der Waals surface area contributed by atoms with E-state index in [1.54, 1.807) is 0 Å². The molecule has 0 unspecified atom stereocenters. The summed E-state index contributed by atoms with van der Waals surface area (Å²) in [6.45, 7) is 13.1. The molecule has 112 valence electrons. The predicted molar refractivity (Wildman–Crippen MR) is 80.8 cm³/mol. The molecule has 1 aliphatic rings. The van der Waals surface area contributed by atoms with E-state index in [1.807, 2.05) is 12.4 Å². The van der Waals surface area contributed by atoms with Crippen LogP contribution in [0.4, 0.5) is 5.82 Å². The van der Waals surface area contributed by atoms with Crippen LogP contribution < -0.4 is 10.2 Å². The largest absolute Gasteiger partial charge is 0.372 e. The summed E-state index contributed by atoms with van der Waals surface area (Å²) in [6, 6.07) is 0. The van der Waals surface area contributed by atoms with E-state index in [2.05, 4.69) is 49.8 Å². The molecule has 0 amide bonds. The number of hydrogen-bond acceptors (Lipinski definition) is 5. The van der Waals surface area contributed by atoms with Crippen LogP contribution in [0.25, 0.3) is 0 Å². The van der Waals surface area contributed by atoms with Crippen molar-refractivity contribution < 1.29 is 4.74 Å². The fraction of sp³-hybridized carbons (Fsp3) is 0.733. The molecule has 1 fully saturated rings. The molecule has 0 spiro atoms. The zero-order chi connectivity index (χ0) is 14.8. The maximum Gasteiger partial charge on any atom is 0.147 e. The molecule has 1 N–H and O–H groups in total. The molecule has 2 heterocycles. The molecule has 0 bridgehead atoms. The van der Waals surface area contributed by atoms with Crippen molar-refractivity contribution in [3.63, 3.8) is 0 Å². The Balaban J connectivity index is 2.05. The van der Waals surface area contributed by atoms with Gasteiger partial charge in [0.2, 0.25) is 0 Å². The van der Waals surface area contributed by atoms with Crippen LogP contribution in [0, 0.1) is 0 Å². The van der Waals surface area contributed by atoms with Gasteiger partial charge in [0.1, 0.15) is 5.82 Å². The van der Waals surface area contributed by atoms with E-state index in [0.717, 1.165) is 31.1 Å². The summed E-state index contributed by atoms with van der Waals surface area (Å²) in [5.41, 5.74) is 1.06. The molecule has 5 heteroatoms. The van der Waals surface area contributed by atoms with Gasteiger partial charge in [0.15, 0.2) is 0 Å². The fourth-order valence-electron chi connectivity index (χ4n) is 2.35. The highest BCUT2D eigenvalue weighted by atomic mass is 16.5. The Bertz CT molecular complexity index is 434. The smallest absolute Gasteiger partial charge is 0.147 e. The zero-order valence-electron chi connectivity index (χ0n) is 13.2. The van der Waals surface area contributed by atoms with Gasteiger partial charge in [-0.05, 0) is 34.6 Å². The highest BCUT2D eigenvalue weighted by molar-refractivity contribution is 5.37. The molecular weight excluding hydrogens is 252 g/mol. The number of rotatable bonds is 3. The lowest BCUT2D eigenvalue weighted by molar-refractivity contribution is -0.00549. The molecule has 0 radical (unpaired) electrons. The fourth-order valence-corrected chi connectivity index (χ4v) is 2.35. The lowest BCUT2D eigenvalue weighted by Crippen LogP contribution is -2.46. The third-order valence-electron chi connectivity index (χ3n) is 3.22. The summed E-state index contributed by atoms with van der Waals surface area (Å²) in [6.07, 6.45) is 4.13. The summed E-state index contributed by atoms with van der Waals surface area (Å²) in [7, 11) is 0. The molecule has 0 saturated carbocycles. The first-order valence-corrected chi connectivity index (χ1v) is 7.30. The van der Waals surface area contributed by atoms with Crippen molar-refractivity contribution in [3.05, 3.63) is 18.1 Å². The molecule has 1 aromatic heterocycles. The van der Waals surface area contributed by atoms with Gasteiger partial charge in [-0.2, -0.15) is 0 Å². The summed E-state index contributed by atoms with van der Waals surface area (Å²) in [5, 5.41) is 3.44. The van der Waals surface area contributed by atoms with Crippen molar-refractivity contribution in [2.45, 2.75) is 58.9 Å². The van der Waals surface area contributed by atoms with E-state index in [0.29, 0.717) is 0 Å². The normalized spacial score (nSPS) is 23.9. The van der Waals surface area contributed by atoms with Gasteiger partial charge in [-0.25, -0.2) is 4.98 Å². The van der Waals surface area contributed by atoms with Gasteiger partial charge in [0.05, 0.1) is 24.1 Å². The van der Waals surface area contributed by atoms with E-state index >= 15 is 0 Å². The van der Waals surface area contributed by atoms with Gasteiger partial charge in [0, 0.05) is 31.4 Å². The van der Waals surface area contributed by atoms with Crippen LogP contribution in [0.5, 0.6) is 0 Å². The third-order valence-corrected chi connectivity index (χ3v) is 3.22. The Labute approximate surface area is 121 Å². The van der Waals surface area contributed by atoms with Crippen LogP contribution >= 0.6 is 0 Å². The number of ether oxygens (including phenoxy) is 1. The minimum Gasteiger partial charge on any atom is -0.372 e. The molecule has 1 aromatic rings. The monoisotopic (exact) mass is 278 g/mol. The summed E-state index contributed by atoms with van der Waals surface area (Å²) in [5.74, 6) is 0.945. The average molecular weight is 278 g/mol. The minimum absolute atomic E-state index is 0.0830. The first-order chi connectivity index (χ1) is 9.33. The molecule has 0 aromatic carbocycles. The van der Waals surface area contributed by atoms with Gasteiger partial charge in [0.25, 0.3) is 0 Å². The standard InChI is InChI=1S/C15H26N4O/c1-11-9-19(10-12(2)20-11)14-8-16-6-13(18-14)7-17-15(3,4)5/h6,8,11-12,17H,7,9-10H2,1-5H3/t11-,12+. The molecule has 5 nitrogen and oxygen atoms in total. The van der Waals surface area contributed by atoms with Crippen LogP contribution in [0.1, 0.15) is 40.3 Å². The SMILES string of the molecule is C[C@@H]1CN(c2cncc(CNC(C)(C)C)n2)C[C@H](C)O1. The van der Waals surface area contributed by atoms with Crippen LogP contribution in [-0.2, 0) is 11.3 Å². The van der Waals surface area contributed by atoms with Crippen molar-refractivity contribution in [1.29, 1.82) is 0 Å². The van der Waals surface area contributed by atoms with Gasteiger partial charge in [-0.1, -0.05) is 0 Å². The van der Waals surface area contributed by atoms with Gasteiger partial charge < -0.3 is 15.0 Å². The highest BCUT2D eigenvalue weighted by Gasteiger charge is 2.23. The van der Waals surface area contributed by atoms with Crippen molar-refractivity contribution >= 4 is 5.82 Å². The zero-order valence-corrected chi connectivity index (χ0v) is 13.2. The Morgan fingerprint density at radius 2 is 1.90 bits per heavy atom. The van der Waals surface area contributed by atoms with Gasteiger partial charge in [-0.3, -0.25) is 4.98 Å². The van der Waals surface area contributed by atoms with E-state index < -0.39 is 0 Å². The summed E-state index contributed by atoms with van der Waals surface area (Å²) < 4.78 is 5.76. The Morgan fingerprint density at radius 3 is 2.50 bits per heavy atom. The maximum absolute atomic E-state index is 5.76. The highest BCUT2D eigenvalue weighted by Crippen LogP contribution is 2.17. The second-order valence-corrected chi connectivity index (χ2v) is 6.63. The van der Waals surface area contributed by atoms with Gasteiger partial charge >= 0.3 is 0 Å². The predicted octanol–water partition coefficient (Wildman–Crippen LogP) is 1.98. The van der Waals surface area contributed by atoms with E-state index in [-0.39, 0.29) is 17.7 Å². The average Bonchev–Trinajstić information content (AvgIpc) is 2.35. The molecule has 2 rings (SSSR count). The lowest BCUT2D eigenvalue weighted by Gasteiger charge is -2.36. The number of anilines is 1. The van der Waals surface area contributed by atoms with Crippen LogP contribution in [-0.4, -0.2) is 40.8 Å². The van der Waals surface area contributed by atoms with E-state index in [9.17, 15) is 0 Å². The quantitative estimate of drug-likeness (QED) is 0.916. The summed E-state index contributed by atoms with van der Waals surface area (Å²) in [4.78, 5) is 11.3. The number of morpholine rings is 1. The summed E-state index contributed by atoms with van der Waals surface area (Å²) >= 11 is 0. The number of aromatic nitrogens is 2. The van der Waals surface area contributed by atoms with Crippen LogP contribution in [0.2, 0.25) is 0 Å². The van der Waals surface area contributed by atoms with Crippen molar-refractivity contribution in [1.82, 2.24) is 15.3 Å². The second kappa shape index (κ2) is 6.06. The lowest BCUT2D eigenvalue weighted by atomic mass is 10.1. The number of hydrogen-bond donors (Lipinski definition) is 1. The first kappa shape index (κ1) is 15.2. The van der Waals surface area contributed by atoms with Gasteiger partial charge in [-0.15, -0.1) is 0 Å². The molecular formula is C15H26N4O. The maximum atomic E-state index is 5.76. The van der Waals surface area contributed by atoms with Crippen molar-refractivity contribution in [2.24, 2.45) is 0 Å². The number of nitrogens with one attached hydrogen (secondary N) is 1. The van der Waals surface area contributed by atoms with E-state index in [4.69, 9.17) is 9.72 Å². The van der Waals surface area contributed by atoms with E-state index in [1.165, 1.54) is 0 Å². The topological polar surface area (TPSA) is 50.3 Å². The van der Waals surface area contributed by atoms with Crippen molar-refractivity contribution in [3.8, 4) is 0 Å². The Morgan fingerprint density at radius 1 is 1.25 bits per heavy atom. The number of nitrogens with zero attached hydrogens (tertiary/aromatic N) is 3.